The average molecular weight is 375 g/mol. The zero-order valence-electron chi connectivity index (χ0n) is 15.9. The van der Waals surface area contributed by atoms with Gasteiger partial charge in [0, 0.05) is 42.0 Å². The van der Waals surface area contributed by atoms with E-state index in [0.29, 0.717) is 11.8 Å². The molecule has 0 saturated heterocycles. The lowest BCUT2D eigenvalue weighted by molar-refractivity contribution is -0.118. The Balaban J connectivity index is 1.88. The van der Waals surface area contributed by atoms with Crippen molar-refractivity contribution in [2.75, 3.05) is 19.5 Å². The summed E-state index contributed by atoms with van der Waals surface area (Å²) in [6, 6.07) is 3.94. The molecule has 0 bridgehead atoms. The lowest BCUT2D eigenvalue weighted by Crippen LogP contribution is -2.20. The van der Waals surface area contributed by atoms with Crippen LogP contribution in [0.15, 0.2) is 22.4 Å². The maximum Gasteiger partial charge on any atom is 0.250 e. The van der Waals surface area contributed by atoms with Gasteiger partial charge in [0.2, 0.25) is 0 Å². The van der Waals surface area contributed by atoms with Crippen LogP contribution in [0.4, 0.5) is 0 Å². The van der Waals surface area contributed by atoms with Crippen molar-refractivity contribution in [2.24, 2.45) is 5.10 Å². The number of aryl methyl sites for hydroxylation is 3. The number of ether oxygens (including phenoxy) is 1. The Morgan fingerprint density at radius 1 is 1.27 bits per heavy atom. The fraction of sp³-hybridized carbons (Fsp3) is 0.444. The fourth-order valence-corrected chi connectivity index (χ4v) is 3.32. The first-order valence-corrected chi connectivity index (χ1v) is 9.32. The van der Waals surface area contributed by atoms with Crippen molar-refractivity contribution < 1.29 is 9.53 Å². The van der Waals surface area contributed by atoms with E-state index in [1.807, 2.05) is 39.8 Å². The number of methoxy groups -OCH3 is 1. The summed E-state index contributed by atoms with van der Waals surface area (Å²) >= 11 is 1.30. The molecule has 2 aromatic rings. The molecule has 0 radical (unpaired) electrons. The van der Waals surface area contributed by atoms with Crippen molar-refractivity contribution in [3.05, 3.63) is 40.5 Å². The van der Waals surface area contributed by atoms with E-state index in [0.717, 1.165) is 34.9 Å². The van der Waals surface area contributed by atoms with Crippen molar-refractivity contribution in [1.29, 1.82) is 0 Å². The molecule has 1 N–H and O–H groups in total. The van der Waals surface area contributed by atoms with Crippen LogP contribution in [-0.4, -0.2) is 46.1 Å². The van der Waals surface area contributed by atoms with Crippen LogP contribution in [0, 0.1) is 27.7 Å². The second kappa shape index (κ2) is 9.49. The van der Waals surface area contributed by atoms with Crippen molar-refractivity contribution >= 4 is 23.9 Å². The maximum absolute atomic E-state index is 12.0. The van der Waals surface area contributed by atoms with E-state index in [-0.39, 0.29) is 11.7 Å². The molecular weight excluding hydrogens is 350 g/mol. The summed E-state index contributed by atoms with van der Waals surface area (Å²) in [5, 5.41) is 4.66. The molecule has 2 aromatic heterocycles. The maximum atomic E-state index is 12.0. The van der Waals surface area contributed by atoms with Crippen LogP contribution >= 0.6 is 11.8 Å². The molecule has 8 heteroatoms. The number of hydrogen-bond acceptors (Lipinski definition) is 6. The van der Waals surface area contributed by atoms with Gasteiger partial charge in [0.05, 0.1) is 18.6 Å². The number of thioether (sulfide) groups is 1. The van der Waals surface area contributed by atoms with E-state index < -0.39 is 0 Å². The van der Waals surface area contributed by atoms with Crippen molar-refractivity contribution in [3.8, 4) is 0 Å². The molecule has 1 amide bonds. The Hall–Kier alpha value is -2.19. The largest absolute Gasteiger partial charge is 0.383 e. The van der Waals surface area contributed by atoms with Gasteiger partial charge in [-0.2, -0.15) is 5.10 Å². The van der Waals surface area contributed by atoms with Gasteiger partial charge in [-0.3, -0.25) is 4.79 Å². The Kier molecular flexibility index (Phi) is 7.35. The summed E-state index contributed by atoms with van der Waals surface area (Å²) in [7, 11) is 1.69. The lowest BCUT2D eigenvalue weighted by Gasteiger charge is -2.08. The smallest absolute Gasteiger partial charge is 0.250 e. The van der Waals surface area contributed by atoms with Gasteiger partial charge in [0.15, 0.2) is 5.16 Å². The summed E-state index contributed by atoms with van der Waals surface area (Å²) in [6.07, 6.45) is 1.67. The molecule has 0 aromatic carbocycles. The second-order valence-electron chi connectivity index (χ2n) is 5.99. The van der Waals surface area contributed by atoms with E-state index >= 15 is 0 Å². The van der Waals surface area contributed by atoms with Gasteiger partial charge in [-0.15, -0.1) is 0 Å². The SMILES string of the molecule is COCCn1c(C)cc(/C=N\NC(=O)CSc2nc(C)cc(C)n2)c1C. The van der Waals surface area contributed by atoms with Crippen LogP contribution in [0.25, 0.3) is 0 Å². The molecule has 7 nitrogen and oxygen atoms in total. The zero-order valence-corrected chi connectivity index (χ0v) is 16.7. The Bertz CT molecular complexity index is 781. The van der Waals surface area contributed by atoms with Gasteiger partial charge in [0.25, 0.3) is 5.91 Å². The molecular formula is C18H25N5O2S. The first kappa shape index (κ1) is 20.1. The number of amides is 1. The minimum Gasteiger partial charge on any atom is -0.383 e. The van der Waals surface area contributed by atoms with E-state index in [9.17, 15) is 4.79 Å². The van der Waals surface area contributed by atoms with Crippen LogP contribution in [-0.2, 0) is 16.1 Å². The number of carbonyl (C=O) groups is 1. The minimum atomic E-state index is -0.192. The number of hydrogen-bond donors (Lipinski definition) is 1. The number of carbonyl (C=O) groups excluding carboxylic acids is 1. The first-order chi connectivity index (χ1) is 12.4. The summed E-state index contributed by atoms with van der Waals surface area (Å²) in [5.41, 5.74) is 7.54. The number of hydrazone groups is 1. The quantitative estimate of drug-likeness (QED) is 0.332. The number of nitrogens with zero attached hydrogens (tertiary/aromatic N) is 4. The molecule has 0 saturated carbocycles. The second-order valence-corrected chi connectivity index (χ2v) is 6.93. The molecule has 140 valence electrons. The van der Waals surface area contributed by atoms with Gasteiger partial charge in [0.1, 0.15) is 0 Å². The van der Waals surface area contributed by atoms with Gasteiger partial charge in [-0.25, -0.2) is 15.4 Å². The molecule has 0 aliphatic heterocycles. The van der Waals surface area contributed by atoms with Crippen molar-refractivity contribution in [1.82, 2.24) is 20.0 Å². The van der Waals surface area contributed by atoms with E-state index in [4.69, 9.17) is 4.74 Å². The monoisotopic (exact) mass is 375 g/mol. The van der Waals surface area contributed by atoms with Gasteiger partial charge >= 0.3 is 0 Å². The highest BCUT2D eigenvalue weighted by molar-refractivity contribution is 7.99. The van der Waals surface area contributed by atoms with Crippen LogP contribution in [0.1, 0.15) is 28.3 Å². The third-order valence-electron chi connectivity index (χ3n) is 3.82. The number of nitrogens with one attached hydrogen (secondary N) is 1. The summed E-state index contributed by atoms with van der Waals surface area (Å²) < 4.78 is 7.30. The predicted molar refractivity (Wildman–Crippen MR) is 104 cm³/mol. The Morgan fingerprint density at radius 3 is 2.62 bits per heavy atom. The third-order valence-corrected chi connectivity index (χ3v) is 4.67. The Morgan fingerprint density at radius 2 is 1.96 bits per heavy atom. The standard InChI is InChI=1S/C18H25N5O2S/c1-12-8-13(2)21-18(20-12)26-11-17(24)22-19-10-16-9-14(3)23(15(16)4)6-7-25-5/h8-10H,6-7,11H2,1-5H3,(H,22,24)/b19-10-. The number of rotatable bonds is 8. The van der Waals surface area contributed by atoms with E-state index in [1.54, 1.807) is 13.3 Å². The van der Waals surface area contributed by atoms with Crippen molar-refractivity contribution in [3.63, 3.8) is 0 Å². The minimum absolute atomic E-state index is 0.192. The highest BCUT2D eigenvalue weighted by atomic mass is 32.2. The predicted octanol–water partition coefficient (Wildman–Crippen LogP) is 2.40. The summed E-state index contributed by atoms with van der Waals surface area (Å²) in [4.78, 5) is 20.6. The zero-order chi connectivity index (χ0) is 19.1. The lowest BCUT2D eigenvalue weighted by atomic mass is 10.3. The van der Waals surface area contributed by atoms with Crippen LogP contribution in [0.5, 0.6) is 0 Å². The normalized spacial score (nSPS) is 11.3. The van der Waals surface area contributed by atoms with Crippen molar-refractivity contribution in [2.45, 2.75) is 39.4 Å². The molecule has 0 unspecified atom stereocenters. The highest BCUT2D eigenvalue weighted by Crippen LogP contribution is 2.14. The first-order valence-electron chi connectivity index (χ1n) is 8.33. The van der Waals surface area contributed by atoms with Crippen LogP contribution in [0.2, 0.25) is 0 Å². The molecule has 0 aliphatic carbocycles. The third kappa shape index (κ3) is 5.67. The molecule has 26 heavy (non-hydrogen) atoms. The molecule has 0 spiro atoms. The fourth-order valence-electron chi connectivity index (χ4n) is 2.58. The topological polar surface area (TPSA) is 81.4 Å². The highest BCUT2D eigenvalue weighted by Gasteiger charge is 2.08. The van der Waals surface area contributed by atoms with Gasteiger partial charge in [-0.1, -0.05) is 11.8 Å². The molecule has 2 heterocycles. The van der Waals surface area contributed by atoms with Gasteiger partial charge in [-0.05, 0) is 39.8 Å². The van der Waals surface area contributed by atoms with E-state index in [2.05, 4.69) is 25.1 Å². The Labute approximate surface area is 158 Å². The average Bonchev–Trinajstić information content (AvgIpc) is 2.84. The van der Waals surface area contributed by atoms with Gasteiger partial charge < -0.3 is 9.30 Å². The van der Waals surface area contributed by atoms with E-state index in [1.165, 1.54) is 11.8 Å². The summed E-state index contributed by atoms with van der Waals surface area (Å²) in [5.74, 6) is 0.0230. The molecule has 0 aliphatic rings. The number of aromatic nitrogens is 3. The molecule has 2 rings (SSSR count). The molecule has 0 atom stereocenters. The molecule has 0 fully saturated rings. The summed E-state index contributed by atoms with van der Waals surface area (Å²) in [6.45, 7) is 9.33. The van der Waals surface area contributed by atoms with Crippen LogP contribution in [0.3, 0.4) is 0 Å². The van der Waals surface area contributed by atoms with Crippen LogP contribution < -0.4 is 5.43 Å².